The lowest BCUT2D eigenvalue weighted by Gasteiger charge is -2.18. The fourth-order valence-electron chi connectivity index (χ4n) is 1.48. The molecule has 21 heavy (non-hydrogen) atoms. The van der Waals surface area contributed by atoms with Gasteiger partial charge >= 0.3 is 12.1 Å². The zero-order chi connectivity index (χ0) is 16.0. The molecule has 9 heteroatoms. The topological polar surface area (TPSA) is 84.9 Å². The molecule has 0 radical (unpaired) electrons. The van der Waals surface area contributed by atoms with Crippen molar-refractivity contribution in [1.29, 1.82) is 0 Å². The van der Waals surface area contributed by atoms with E-state index in [0.717, 1.165) is 0 Å². The fourth-order valence-corrected chi connectivity index (χ4v) is 1.65. The van der Waals surface area contributed by atoms with Crippen molar-refractivity contribution < 1.29 is 24.2 Å². The molecule has 0 bridgehead atoms. The first-order valence-electron chi connectivity index (χ1n) is 5.60. The number of alkyl halides is 3. The smallest absolute Gasteiger partial charge is 0.408 e. The number of amides is 1. The van der Waals surface area contributed by atoms with Crippen LogP contribution in [0.2, 0.25) is 0 Å². The zero-order valence-electron chi connectivity index (χ0n) is 10.8. The lowest BCUT2D eigenvalue weighted by atomic mass is 10.1. The predicted octanol–water partition coefficient (Wildman–Crippen LogP) is 2.92. The fraction of sp³-hybridized carbons (Fsp3) is 0.333. The van der Waals surface area contributed by atoms with Crippen molar-refractivity contribution in [2.75, 3.05) is 13.7 Å². The number of alkyl carbamates (subject to hydrolysis) is 1. The first-order valence-corrected chi connectivity index (χ1v) is 6.73. The molecule has 1 amide bonds. The number of carbonyl (C=O) groups excluding carboxylic acids is 1. The van der Waals surface area contributed by atoms with Crippen LogP contribution in [0.15, 0.2) is 24.3 Å². The zero-order valence-corrected chi connectivity index (χ0v) is 13.1. The normalized spacial score (nSPS) is 12.4. The molecule has 0 fully saturated rings. The highest BCUT2D eigenvalue weighted by Gasteiger charge is 2.27. The molecule has 0 unspecified atom stereocenters. The Hall–Kier alpha value is -1.37. The minimum absolute atomic E-state index is 0.262. The van der Waals surface area contributed by atoms with E-state index in [2.05, 4.69) is 10.1 Å². The number of rotatable bonds is 5. The van der Waals surface area contributed by atoms with Gasteiger partial charge in [0, 0.05) is 5.56 Å². The van der Waals surface area contributed by atoms with Gasteiger partial charge in [-0.2, -0.15) is 0 Å². The van der Waals surface area contributed by atoms with Gasteiger partial charge in [-0.15, -0.1) is 0 Å². The van der Waals surface area contributed by atoms with Crippen LogP contribution in [0, 0.1) is 0 Å². The van der Waals surface area contributed by atoms with E-state index in [4.69, 9.17) is 39.5 Å². The molecule has 116 valence electrons. The molecule has 1 aromatic carbocycles. The second-order valence-corrected chi connectivity index (χ2v) is 6.36. The van der Waals surface area contributed by atoms with E-state index in [1.807, 2.05) is 0 Å². The van der Waals surface area contributed by atoms with Crippen LogP contribution in [0.4, 0.5) is 4.79 Å². The molecular weight excluding hydrogens is 344 g/mol. The number of benzene rings is 1. The summed E-state index contributed by atoms with van der Waals surface area (Å²) >= 11 is 16.3. The number of aliphatic carboxylic acids is 1. The number of para-hydroxylation sites is 1. The number of hydrogen-bond donors (Lipinski definition) is 2. The minimum Gasteiger partial charge on any atom is -0.496 e. The molecule has 0 aliphatic carbocycles. The highest BCUT2D eigenvalue weighted by atomic mass is 35.6. The summed E-state index contributed by atoms with van der Waals surface area (Å²) in [4.78, 5) is 22.9. The van der Waals surface area contributed by atoms with Gasteiger partial charge in [0.2, 0.25) is 3.79 Å². The molecule has 1 atom stereocenters. The van der Waals surface area contributed by atoms with Gasteiger partial charge in [-0.3, -0.25) is 0 Å². The highest BCUT2D eigenvalue weighted by molar-refractivity contribution is 6.67. The predicted molar refractivity (Wildman–Crippen MR) is 78.1 cm³/mol. The van der Waals surface area contributed by atoms with E-state index in [-0.39, 0.29) is 5.56 Å². The lowest BCUT2D eigenvalue weighted by Crippen LogP contribution is -2.35. The first kappa shape index (κ1) is 17.7. The molecule has 6 nitrogen and oxygen atoms in total. The van der Waals surface area contributed by atoms with E-state index in [1.165, 1.54) is 13.2 Å². The SMILES string of the molecule is COc1ccccc1[C@@H](NC(=O)OCC(Cl)(Cl)Cl)C(=O)O. The number of methoxy groups -OCH3 is 1. The van der Waals surface area contributed by atoms with Crippen molar-refractivity contribution >= 4 is 46.9 Å². The number of hydrogen-bond acceptors (Lipinski definition) is 4. The average Bonchev–Trinajstić information content (AvgIpc) is 2.41. The molecule has 0 aliphatic rings. The first-order chi connectivity index (χ1) is 9.74. The van der Waals surface area contributed by atoms with E-state index in [0.29, 0.717) is 5.75 Å². The number of halogens is 3. The maximum Gasteiger partial charge on any atom is 0.408 e. The van der Waals surface area contributed by atoms with Gasteiger partial charge in [-0.25, -0.2) is 9.59 Å². The molecular formula is C12H12Cl3NO5. The number of carboxylic acids is 1. The summed E-state index contributed by atoms with van der Waals surface area (Å²) in [5.41, 5.74) is 0.262. The Balaban J connectivity index is 2.84. The summed E-state index contributed by atoms with van der Waals surface area (Å²) in [6.07, 6.45) is -1.03. The van der Waals surface area contributed by atoms with Crippen LogP contribution in [0.5, 0.6) is 5.75 Å². The van der Waals surface area contributed by atoms with Crippen molar-refractivity contribution in [2.24, 2.45) is 0 Å². The molecule has 1 aromatic rings. The second kappa shape index (κ2) is 7.59. The van der Waals surface area contributed by atoms with Crippen molar-refractivity contribution in [3.8, 4) is 5.75 Å². The van der Waals surface area contributed by atoms with Crippen LogP contribution >= 0.6 is 34.8 Å². The third kappa shape index (κ3) is 5.87. The van der Waals surface area contributed by atoms with Crippen molar-refractivity contribution in [1.82, 2.24) is 5.32 Å². The van der Waals surface area contributed by atoms with E-state index < -0.39 is 28.5 Å². The third-order valence-corrected chi connectivity index (χ3v) is 2.65. The van der Waals surface area contributed by atoms with Gasteiger partial charge < -0.3 is 19.9 Å². The Morgan fingerprint density at radius 3 is 2.48 bits per heavy atom. The monoisotopic (exact) mass is 355 g/mol. The molecule has 0 spiro atoms. The highest BCUT2D eigenvalue weighted by Crippen LogP contribution is 2.27. The molecule has 0 aromatic heterocycles. The molecule has 0 saturated carbocycles. The van der Waals surface area contributed by atoms with Crippen molar-refractivity contribution in [3.05, 3.63) is 29.8 Å². The van der Waals surface area contributed by atoms with E-state index in [1.54, 1.807) is 18.2 Å². The summed E-state index contributed by atoms with van der Waals surface area (Å²) in [6, 6.07) is 5.00. The molecule has 0 heterocycles. The van der Waals surface area contributed by atoms with Gasteiger partial charge in [-0.1, -0.05) is 53.0 Å². The molecule has 0 saturated heterocycles. The standard InChI is InChI=1S/C12H12Cl3NO5/c1-20-8-5-3-2-4-7(8)9(10(17)18)16-11(19)21-6-12(13,14)15/h2-5,9H,6H2,1H3,(H,16,19)(H,17,18)/t9-/m1/s1. The van der Waals surface area contributed by atoms with Gasteiger partial charge in [0.1, 0.15) is 12.4 Å². The number of ether oxygens (including phenoxy) is 2. The Bertz CT molecular complexity index is 518. The van der Waals surface area contributed by atoms with Crippen LogP contribution in [-0.4, -0.2) is 34.7 Å². The van der Waals surface area contributed by atoms with Crippen LogP contribution in [0.1, 0.15) is 11.6 Å². The quantitative estimate of drug-likeness (QED) is 0.792. The summed E-state index contributed by atoms with van der Waals surface area (Å²) in [6.45, 7) is -0.512. The van der Waals surface area contributed by atoms with Gasteiger partial charge in [-0.05, 0) is 6.07 Å². The van der Waals surface area contributed by atoms with Gasteiger partial charge in [0.15, 0.2) is 6.04 Å². The summed E-state index contributed by atoms with van der Waals surface area (Å²) in [7, 11) is 1.39. The second-order valence-electron chi connectivity index (χ2n) is 3.85. The molecule has 2 N–H and O–H groups in total. The maximum absolute atomic E-state index is 11.6. The minimum atomic E-state index is -1.78. The van der Waals surface area contributed by atoms with E-state index in [9.17, 15) is 14.7 Å². The molecule has 0 aliphatic heterocycles. The lowest BCUT2D eigenvalue weighted by molar-refractivity contribution is -0.139. The Kier molecular flexibility index (Phi) is 6.39. The number of carbonyl (C=O) groups is 2. The Morgan fingerprint density at radius 2 is 1.95 bits per heavy atom. The summed E-state index contributed by atoms with van der Waals surface area (Å²) in [5.74, 6) is -0.975. The van der Waals surface area contributed by atoms with E-state index >= 15 is 0 Å². The molecule has 1 rings (SSSR count). The van der Waals surface area contributed by atoms with Gasteiger partial charge in [0.05, 0.1) is 7.11 Å². The Morgan fingerprint density at radius 1 is 1.33 bits per heavy atom. The maximum atomic E-state index is 11.6. The summed E-state index contributed by atoms with van der Waals surface area (Å²) < 4.78 is 7.91. The number of carboxylic acid groups (broad SMARTS) is 1. The van der Waals surface area contributed by atoms with Crippen LogP contribution in [-0.2, 0) is 9.53 Å². The summed E-state index contributed by atoms with van der Waals surface area (Å²) in [5, 5.41) is 11.4. The average molecular weight is 357 g/mol. The van der Waals surface area contributed by atoms with Crippen LogP contribution < -0.4 is 10.1 Å². The van der Waals surface area contributed by atoms with Crippen LogP contribution in [0.3, 0.4) is 0 Å². The van der Waals surface area contributed by atoms with Crippen molar-refractivity contribution in [3.63, 3.8) is 0 Å². The Labute approximate surface area is 135 Å². The third-order valence-electron chi connectivity index (χ3n) is 2.33. The van der Waals surface area contributed by atoms with Gasteiger partial charge in [0.25, 0.3) is 0 Å². The largest absolute Gasteiger partial charge is 0.496 e. The number of nitrogens with one attached hydrogen (secondary N) is 1. The van der Waals surface area contributed by atoms with Crippen molar-refractivity contribution in [2.45, 2.75) is 9.83 Å². The van der Waals surface area contributed by atoms with Crippen LogP contribution in [0.25, 0.3) is 0 Å².